The highest BCUT2D eigenvalue weighted by atomic mass is 35.5. The van der Waals surface area contributed by atoms with Gasteiger partial charge in [0.05, 0.1) is 7.11 Å². The molecule has 0 aliphatic carbocycles. The van der Waals surface area contributed by atoms with Crippen molar-refractivity contribution in [2.24, 2.45) is 0 Å². The predicted molar refractivity (Wildman–Crippen MR) is 62.6 cm³/mol. The van der Waals surface area contributed by atoms with Crippen LogP contribution in [0.15, 0.2) is 24.3 Å². The second-order valence-corrected chi connectivity index (χ2v) is 4.16. The molecule has 0 aromatic heterocycles. The van der Waals surface area contributed by atoms with Gasteiger partial charge in [0, 0.05) is 5.02 Å². The lowest BCUT2D eigenvalue weighted by Crippen LogP contribution is -2.42. The fourth-order valence-corrected chi connectivity index (χ4v) is 1.64. The van der Waals surface area contributed by atoms with E-state index < -0.39 is 16.9 Å². The van der Waals surface area contributed by atoms with E-state index >= 15 is 0 Å². The Hall–Kier alpha value is -1.28. The van der Waals surface area contributed by atoms with Gasteiger partial charge in [0.25, 0.3) is 5.60 Å². The quantitative estimate of drug-likeness (QED) is 0.520. The minimum atomic E-state index is -2.43. The number of methoxy groups -OCH3 is 1. The number of halogens is 2. The first kappa shape index (κ1) is 13.8. The van der Waals surface area contributed by atoms with Crippen LogP contribution >= 0.6 is 23.2 Å². The van der Waals surface area contributed by atoms with Crippen molar-refractivity contribution in [3.63, 3.8) is 0 Å². The van der Waals surface area contributed by atoms with Gasteiger partial charge in [-0.1, -0.05) is 23.7 Å². The molecule has 1 aromatic rings. The van der Waals surface area contributed by atoms with Crippen molar-refractivity contribution < 1.29 is 14.6 Å². The fourth-order valence-electron chi connectivity index (χ4n) is 1.23. The number of esters is 1. The Labute approximate surface area is 108 Å². The Balaban J connectivity index is 3.10. The maximum Gasteiger partial charge on any atom is 0.354 e. The predicted octanol–water partition coefficient (Wildman–Crippen LogP) is 2.05. The van der Waals surface area contributed by atoms with Gasteiger partial charge < -0.3 is 9.84 Å². The molecular weight excluding hydrogens is 265 g/mol. The number of ether oxygens (including phenoxy) is 1. The molecule has 0 aliphatic heterocycles. The molecule has 90 valence electrons. The molecule has 0 fully saturated rings. The number of carbonyl (C=O) groups is 1. The van der Waals surface area contributed by atoms with E-state index in [4.69, 9.17) is 28.5 Å². The van der Waals surface area contributed by atoms with Crippen molar-refractivity contribution in [3.8, 4) is 6.07 Å². The van der Waals surface area contributed by atoms with Gasteiger partial charge in [-0.2, -0.15) is 5.26 Å². The molecule has 1 rings (SSSR count). The summed E-state index contributed by atoms with van der Waals surface area (Å²) in [6.07, 6.45) is 0. The summed E-state index contributed by atoms with van der Waals surface area (Å²) in [6.45, 7) is 0. The number of hydrogen-bond donors (Lipinski definition) is 1. The molecule has 0 radical (unpaired) electrons. The van der Waals surface area contributed by atoms with E-state index in [-0.39, 0.29) is 0 Å². The van der Waals surface area contributed by atoms with Crippen LogP contribution in [0.2, 0.25) is 5.02 Å². The molecule has 0 saturated heterocycles. The second kappa shape index (κ2) is 5.37. The van der Waals surface area contributed by atoms with Crippen LogP contribution in [0.1, 0.15) is 10.9 Å². The topological polar surface area (TPSA) is 70.3 Å². The smallest absolute Gasteiger partial charge is 0.354 e. The summed E-state index contributed by atoms with van der Waals surface area (Å²) in [5.41, 5.74) is -2.03. The lowest BCUT2D eigenvalue weighted by molar-refractivity contribution is -0.156. The van der Waals surface area contributed by atoms with Gasteiger partial charge >= 0.3 is 5.97 Å². The molecule has 0 saturated carbocycles. The second-order valence-electron chi connectivity index (χ2n) is 3.28. The van der Waals surface area contributed by atoms with Gasteiger partial charge in [0.2, 0.25) is 0 Å². The minimum Gasteiger partial charge on any atom is -0.466 e. The Kier molecular flexibility index (Phi) is 4.35. The third kappa shape index (κ3) is 2.70. The highest BCUT2D eigenvalue weighted by Gasteiger charge is 2.46. The Morgan fingerprint density at radius 3 is 2.47 bits per heavy atom. The Bertz CT molecular complexity index is 455. The van der Waals surface area contributed by atoms with Crippen LogP contribution in [-0.2, 0) is 9.53 Å². The zero-order valence-corrected chi connectivity index (χ0v) is 10.4. The Morgan fingerprint density at radius 2 is 2.06 bits per heavy atom. The highest BCUT2D eigenvalue weighted by molar-refractivity contribution is 6.30. The molecule has 4 nitrogen and oxygen atoms in total. The summed E-state index contributed by atoms with van der Waals surface area (Å²) < 4.78 is 4.35. The van der Waals surface area contributed by atoms with Crippen molar-refractivity contribution in [3.05, 3.63) is 34.9 Å². The third-order valence-corrected chi connectivity index (χ3v) is 3.02. The molecule has 2 atom stereocenters. The number of benzene rings is 1. The lowest BCUT2D eigenvalue weighted by Gasteiger charge is -2.22. The van der Waals surface area contributed by atoms with Gasteiger partial charge in [-0.3, -0.25) is 0 Å². The summed E-state index contributed by atoms with van der Waals surface area (Å²) in [5.74, 6) is -1.10. The number of alkyl halides is 1. The number of rotatable bonds is 3. The SMILES string of the molecule is COC(=O)C(O)(C#N)C(Cl)c1ccc(Cl)cc1. The highest BCUT2D eigenvalue weighted by Crippen LogP contribution is 2.33. The molecular formula is C11H9Cl2NO3. The third-order valence-electron chi connectivity index (χ3n) is 2.20. The summed E-state index contributed by atoms with van der Waals surface area (Å²) in [5, 5.41) is 18.0. The van der Waals surface area contributed by atoms with Crippen molar-refractivity contribution in [1.82, 2.24) is 0 Å². The van der Waals surface area contributed by atoms with Gasteiger partial charge in [0.15, 0.2) is 0 Å². The average Bonchev–Trinajstić information content (AvgIpc) is 2.36. The maximum atomic E-state index is 11.3. The Morgan fingerprint density at radius 1 is 1.53 bits per heavy atom. The number of aliphatic hydroxyl groups is 1. The average molecular weight is 274 g/mol. The fraction of sp³-hybridized carbons (Fsp3) is 0.273. The van der Waals surface area contributed by atoms with Crippen molar-refractivity contribution >= 4 is 29.2 Å². The van der Waals surface area contributed by atoms with Crippen molar-refractivity contribution in [2.75, 3.05) is 7.11 Å². The summed E-state index contributed by atoms with van der Waals surface area (Å²) in [7, 11) is 1.07. The monoisotopic (exact) mass is 273 g/mol. The summed E-state index contributed by atoms with van der Waals surface area (Å²) in [6, 6.07) is 7.58. The summed E-state index contributed by atoms with van der Waals surface area (Å²) in [4.78, 5) is 11.3. The normalized spacial score (nSPS) is 15.5. The molecule has 0 amide bonds. The molecule has 6 heteroatoms. The number of nitrogens with zero attached hydrogens (tertiary/aromatic N) is 1. The van der Waals surface area contributed by atoms with E-state index in [1.54, 1.807) is 12.1 Å². The van der Waals surface area contributed by atoms with E-state index in [2.05, 4.69) is 4.74 Å². The van der Waals surface area contributed by atoms with Crippen LogP contribution in [0.3, 0.4) is 0 Å². The van der Waals surface area contributed by atoms with E-state index in [9.17, 15) is 9.90 Å². The molecule has 17 heavy (non-hydrogen) atoms. The maximum absolute atomic E-state index is 11.3. The molecule has 0 spiro atoms. The van der Waals surface area contributed by atoms with Crippen LogP contribution in [0.5, 0.6) is 0 Å². The minimum absolute atomic E-state index is 0.394. The molecule has 0 heterocycles. The van der Waals surface area contributed by atoms with Gasteiger partial charge in [-0.25, -0.2) is 4.79 Å². The first-order chi connectivity index (χ1) is 7.95. The van der Waals surface area contributed by atoms with Gasteiger partial charge in [0.1, 0.15) is 11.4 Å². The number of nitriles is 1. The van der Waals surface area contributed by atoms with E-state index in [0.717, 1.165) is 7.11 Å². The zero-order chi connectivity index (χ0) is 13.1. The lowest BCUT2D eigenvalue weighted by atomic mass is 9.95. The molecule has 1 aromatic carbocycles. The van der Waals surface area contributed by atoms with E-state index in [1.807, 2.05) is 0 Å². The summed E-state index contributed by atoms with van der Waals surface area (Å²) >= 11 is 11.6. The first-order valence-electron chi connectivity index (χ1n) is 4.57. The molecule has 1 N–H and O–H groups in total. The van der Waals surface area contributed by atoms with Crippen LogP contribution in [0, 0.1) is 11.3 Å². The number of carbonyl (C=O) groups excluding carboxylic acids is 1. The van der Waals surface area contributed by atoms with Crippen LogP contribution in [-0.4, -0.2) is 23.8 Å². The molecule has 2 unspecified atom stereocenters. The van der Waals surface area contributed by atoms with Crippen LogP contribution < -0.4 is 0 Å². The van der Waals surface area contributed by atoms with Crippen molar-refractivity contribution in [2.45, 2.75) is 11.0 Å². The molecule has 0 bridgehead atoms. The van der Waals surface area contributed by atoms with E-state index in [1.165, 1.54) is 18.2 Å². The standard InChI is InChI=1S/C11H9Cl2NO3/c1-17-10(15)11(16,6-14)9(13)7-2-4-8(12)5-3-7/h2-5,9,16H,1H3. The molecule has 0 aliphatic rings. The largest absolute Gasteiger partial charge is 0.466 e. The zero-order valence-electron chi connectivity index (χ0n) is 8.85. The van der Waals surface area contributed by atoms with Crippen LogP contribution in [0.4, 0.5) is 0 Å². The number of hydrogen-bond acceptors (Lipinski definition) is 4. The van der Waals surface area contributed by atoms with Crippen molar-refractivity contribution in [1.29, 1.82) is 5.26 Å². The van der Waals surface area contributed by atoms with Gasteiger partial charge in [-0.15, -0.1) is 11.6 Å². The van der Waals surface area contributed by atoms with Crippen LogP contribution in [0.25, 0.3) is 0 Å². The van der Waals surface area contributed by atoms with Gasteiger partial charge in [-0.05, 0) is 17.7 Å². The first-order valence-corrected chi connectivity index (χ1v) is 5.38. The van der Waals surface area contributed by atoms with E-state index in [0.29, 0.717) is 10.6 Å².